The number of hydrogen-bond donors (Lipinski definition) is 1. The normalized spacial score (nSPS) is 13.9. The summed E-state index contributed by atoms with van der Waals surface area (Å²) in [6, 6.07) is 2.32. The fourth-order valence-corrected chi connectivity index (χ4v) is 2.04. The Kier molecular flexibility index (Phi) is 6.60. The van der Waals surface area contributed by atoms with E-state index in [-0.39, 0.29) is 5.92 Å². The second-order valence-electron chi connectivity index (χ2n) is 5.63. The molecular formula is C13H26N2. The minimum Gasteiger partial charge on any atom is -0.315 e. The van der Waals surface area contributed by atoms with Gasteiger partial charge in [-0.2, -0.15) is 5.26 Å². The van der Waals surface area contributed by atoms with Gasteiger partial charge >= 0.3 is 0 Å². The average Bonchev–Trinajstić information content (AvgIpc) is 2.10. The van der Waals surface area contributed by atoms with Crippen molar-refractivity contribution < 1.29 is 0 Å². The van der Waals surface area contributed by atoms with Gasteiger partial charge in [-0.3, -0.25) is 0 Å². The van der Waals surface area contributed by atoms with Crippen molar-refractivity contribution in [2.24, 2.45) is 17.3 Å². The monoisotopic (exact) mass is 210 g/mol. The smallest absolute Gasteiger partial charge is 0.0669 e. The topological polar surface area (TPSA) is 35.8 Å². The zero-order chi connectivity index (χ0) is 11.9. The molecule has 0 saturated heterocycles. The Morgan fingerprint density at radius 1 is 1.33 bits per heavy atom. The highest BCUT2D eigenvalue weighted by molar-refractivity contribution is 4.84. The summed E-state index contributed by atoms with van der Waals surface area (Å²) in [5.41, 5.74) is 0.335. The van der Waals surface area contributed by atoms with Crippen LogP contribution in [0.2, 0.25) is 0 Å². The van der Waals surface area contributed by atoms with Crippen LogP contribution in [0.15, 0.2) is 0 Å². The largest absolute Gasteiger partial charge is 0.315 e. The molecule has 0 saturated carbocycles. The summed E-state index contributed by atoms with van der Waals surface area (Å²) in [4.78, 5) is 0. The van der Waals surface area contributed by atoms with Crippen molar-refractivity contribution in [2.75, 3.05) is 13.1 Å². The molecule has 0 fully saturated rings. The van der Waals surface area contributed by atoms with Gasteiger partial charge in [-0.1, -0.05) is 34.6 Å². The highest BCUT2D eigenvalue weighted by Crippen LogP contribution is 2.24. The quantitative estimate of drug-likeness (QED) is 0.700. The third kappa shape index (κ3) is 7.39. The van der Waals surface area contributed by atoms with Gasteiger partial charge in [-0.25, -0.2) is 0 Å². The molecule has 0 aromatic rings. The van der Waals surface area contributed by atoms with Crippen molar-refractivity contribution >= 4 is 0 Å². The molecule has 0 rings (SSSR count). The van der Waals surface area contributed by atoms with Crippen molar-refractivity contribution in [2.45, 2.75) is 47.5 Å². The second-order valence-corrected chi connectivity index (χ2v) is 5.63. The van der Waals surface area contributed by atoms with Gasteiger partial charge in [0.1, 0.15) is 0 Å². The number of nitriles is 1. The Labute approximate surface area is 95.1 Å². The first-order valence-corrected chi connectivity index (χ1v) is 6.01. The highest BCUT2D eigenvalue weighted by Gasteiger charge is 2.19. The molecular weight excluding hydrogens is 184 g/mol. The van der Waals surface area contributed by atoms with Gasteiger partial charge in [-0.05, 0) is 24.2 Å². The first kappa shape index (κ1) is 14.5. The number of rotatable bonds is 7. The minimum absolute atomic E-state index is 0.167. The van der Waals surface area contributed by atoms with E-state index in [1.807, 2.05) is 0 Å². The Morgan fingerprint density at radius 2 is 1.93 bits per heavy atom. The van der Waals surface area contributed by atoms with Gasteiger partial charge in [0.2, 0.25) is 0 Å². The summed E-state index contributed by atoms with van der Waals surface area (Å²) in [6.45, 7) is 13.0. The van der Waals surface area contributed by atoms with Crippen molar-refractivity contribution in [3.8, 4) is 6.07 Å². The minimum atomic E-state index is 0.167. The maximum absolute atomic E-state index is 8.81. The van der Waals surface area contributed by atoms with Crippen LogP contribution in [0, 0.1) is 28.6 Å². The third-order valence-corrected chi connectivity index (χ3v) is 2.63. The molecule has 0 aliphatic rings. The van der Waals surface area contributed by atoms with Crippen LogP contribution in [0.3, 0.4) is 0 Å². The SMILES string of the molecule is CCC(C#N)CNCC(C)(C)CC(C)C. The maximum Gasteiger partial charge on any atom is 0.0669 e. The van der Waals surface area contributed by atoms with Crippen LogP contribution < -0.4 is 5.32 Å². The Bertz CT molecular complexity index is 201. The molecule has 15 heavy (non-hydrogen) atoms. The highest BCUT2D eigenvalue weighted by atomic mass is 14.9. The van der Waals surface area contributed by atoms with Crippen molar-refractivity contribution in [1.82, 2.24) is 5.32 Å². The molecule has 0 aliphatic carbocycles. The Balaban J connectivity index is 3.79. The molecule has 0 bridgehead atoms. The van der Waals surface area contributed by atoms with E-state index < -0.39 is 0 Å². The lowest BCUT2D eigenvalue weighted by Gasteiger charge is -2.27. The zero-order valence-electron chi connectivity index (χ0n) is 10.9. The molecule has 2 heteroatoms. The molecule has 88 valence electrons. The molecule has 1 unspecified atom stereocenters. The first-order chi connectivity index (χ1) is 6.91. The molecule has 0 aromatic heterocycles. The predicted octanol–water partition coefficient (Wildman–Crippen LogP) is 3.20. The van der Waals surface area contributed by atoms with Gasteiger partial charge in [0.15, 0.2) is 0 Å². The molecule has 0 aromatic carbocycles. The van der Waals surface area contributed by atoms with Crippen LogP contribution in [0.5, 0.6) is 0 Å². The number of hydrogen-bond acceptors (Lipinski definition) is 2. The molecule has 1 atom stereocenters. The van der Waals surface area contributed by atoms with E-state index in [0.29, 0.717) is 5.41 Å². The lowest BCUT2D eigenvalue weighted by Crippen LogP contribution is -2.33. The van der Waals surface area contributed by atoms with Crippen LogP contribution in [0.4, 0.5) is 0 Å². The third-order valence-electron chi connectivity index (χ3n) is 2.63. The number of nitrogens with one attached hydrogen (secondary N) is 1. The van der Waals surface area contributed by atoms with E-state index in [0.717, 1.165) is 25.4 Å². The maximum atomic E-state index is 8.81. The van der Waals surface area contributed by atoms with Gasteiger partial charge in [0, 0.05) is 13.1 Å². The zero-order valence-corrected chi connectivity index (χ0v) is 10.9. The summed E-state index contributed by atoms with van der Waals surface area (Å²) in [7, 11) is 0. The van der Waals surface area contributed by atoms with E-state index in [9.17, 15) is 0 Å². The van der Waals surface area contributed by atoms with Crippen LogP contribution in [0.1, 0.15) is 47.5 Å². The molecule has 0 heterocycles. The number of nitrogens with zero attached hydrogens (tertiary/aromatic N) is 1. The van der Waals surface area contributed by atoms with Crippen molar-refractivity contribution in [3.63, 3.8) is 0 Å². The van der Waals surface area contributed by atoms with Crippen LogP contribution >= 0.6 is 0 Å². The van der Waals surface area contributed by atoms with E-state index >= 15 is 0 Å². The summed E-state index contributed by atoms with van der Waals surface area (Å²) in [5, 5.41) is 12.2. The van der Waals surface area contributed by atoms with Crippen LogP contribution in [-0.2, 0) is 0 Å². The van der Waals surface area contributed by atoms with E-state index in [1.54, 1.807) is 0 Å². The van der Waals surface area contributed by atoms with E-state index in [1.165, 1.54) is 6.42 Å². The molecule has 0 amide bonds. The molecule has 2 nitrogen and oxygen atoms in total. The first-order valence-electron chi connectivity index (χ1n) is 6.01. The Morgan fingerprint density at radius 3 is 2.33 bits per heavy atom. The molecule has 1 N–H and O–H groups in total. The van der Waals surface area contributed by atoms with E-state index in [4.69, 9.17) is 5.26 Å². The molecule has 0 radical (unpaired) electrons. The lowest BCUT2D eigenvalue weighted by atomic mass is 9.84. The standard InChI is InChI=1S/C13H26N2/c1-6-12(8-14)9-15-10-13(4,5)7-11(2)3/h11-12,15H,6-7,9-10H2,1-5H3. The van der Waals surface area contributed by atoms with Crippen LogP contribution in [-0.4, -0.2) is 13.1 Å². The summed E-state index contributed by atoms with van der Waals surface area (Å²) < 4.78 is 0. The van der Waals surface area contributed by atoms with Crippen molar-refractivity contribution in [3.05, 3.63) is 0 Å². The van der Waals surface area contributed by atoms with Gasteiger partial charge in [0.25, 0.3) is 0 Å². The average molecular weight is 210 g/mol. The molecule has 0 aliphatic heterocycles. The summed E-state index contributed by atoms with van der Waals surface area (Å²) in [5.74, 6) is 0.902. The lowest BCUT2D eigenvalue weighted by molar-refractivity contribution is 0.270. The summed E-state index contributed by atoms with van der Waals surface area (Å²) in [6.07, 6.45) is 2.16. The molecule has 0 spiro atoms. The van der Waals surface area contributed by atoms with E-state index in [2.05, 4.69) is 46.0 Å². The Hall–Kier alpha value is -0.550. The van der Waals surface area contributed by atoms with Gasteiger partial charge in [0.05, 0.1) is 12.0 Å². The second kappa shape index (κ2) is 6.85. The predicted molar refractivity (Wildman–Crippen MR) is 65.5 cm³/mol. The summed E-state index contributed by atoms with van der Waals surface area (Å²) >= 11 is 0. The van der Waals surface area contributed by atoms with Gasteiger partial charge in [-0.15, -0.1) is 0 Å². The van der Waals surface area contributed by atoms with Crippen LogP contribution in [0.25, 0.3) is 0 Å². The van der Waals surface area contributed by atoms with Crippen molar-refractivity contribution in [1.29, 1.82) is 5.26 Å². The fraction of sp³-hybridized carbons (Fsp3) is 0.923. The fourth-order valence-electron chi connectivity index (χ4n) is 2.04. The van der Waals surface area contributed by atoms with Gasteiger partial charge < -0.3 is 5.32 Å².